The van der Waals surface area contributed by atoms with E-state index >= 15 is 0 Å². The van der Waals surface area contributed by atoms with Crippen LogP contribution in [-0.2, 0) is 4.79 Å². The molecule has 0 bridgehead atoms. The molecule has 1 unspecified atom stereocenters. The number of rotatable bonds is 4. The number of hydrogen-bond acceptors (Lipinski definition) is 4. The van der Waals surface area contributed by atoms with Crippen molar-refractivity contribution in [2.45, 2.75) is 25.9 Å². The molecule has 18 heavy (non-hydrogen) atoms. The molecule has 5 nitrogen and oxygen atoms in total. The van der Waals surface area contributed by atoms with Gasteiger partial charge in [-0.25, -0.2) is 0 Å². The highest BCUT2D eigenvalue weighted by Gasteiger charge is 2.17. The van der Waals surface area contributed by atoms with Crippen LogP contribution in [0.3, 0.4) is 0 Å². The summed E-state index contributed by atoms with van der Waals surface area (Å²) >= 11 is 0. The number of nitrogens with one attached hydrogen (secondary N) is 1. The Hall–Kier alpha value is -1.75. The first-order valence-corrected chi connectivity index (χ1v) is 5.96. The van der Waals surface area contributed by atoms with Crippen molar-refractivity contribution in [1.29, 1.82) is 0 Å². The van der Waals surface area contributed by atoms with Crippen LogP contribution < -0.4 is 14.8 Å². The van der Waals surface area contributed by atoms with Crippen LogP contribution in [0.1, 0.15) is 25.5 Å². The molecule has 0 amide bonds. The first kappa shape index (κ1) is 12.7. The maximum Gasteiger partial charge on any atom is 0.320 e. The van der Waals surface area contributed by atoms with Crippen LogP contribution in [0.4, 0.5) is 0 Å². The fraction of sp³-hybridized carbons (Fsp3) is 0.462. The summed E-state index contributed by atoms with van der Waals surface area (Å²) < 4.78 is 10.9. The van der Waals surface area contributed by atoms with Crippen LogP contribution in [0.25, 0.3) is 0 Å². The van der Waals surface area contributed by atoms with Gasteiger partial charge in [0.15, 0.2) is 11.5 Å². The number of benzene rings is 1. The van der Waals surface area contributed by atoms with Gasteiger partial charge in [-0.15, -0.1) is 0 Å². The molecular formula is C13H17NO4. The van der Waals surface area contributed by atoms with Crippen LogP contribution in [-0.4, -0.2) is 30.3 Å². The molecule has 2 rings (SSSR count). The molecule has 2 atom stereocenters. The van der Waals surface area contributed by atoms with Crippen molar-refractivity contribution in [3.8, 4) is 11.5 Å². The van der Waals surface area contributed by atoms with E-state index in [9.17, 15) is 4.79 Å². The summed E-state index contributed by atoms with van der Waals surface area (Å²) in [4.78, 5) is 10.8. The zero-order valence-corrected chi connectivity index (χ0v) is 10.5. The SMILES string of the molecule is CC(N[C@@H](C)C(=O)O)c1ccc2c(c1)OCCO2. The molecule has 0 fully saturated rings. The van der Waals surface area contributed by atoms with Crippen LogP contribution in [0.15, 0.2) is 18.2 Å². The molecule has 5 heteroatoms. The van der Waals surface area contributed by atoms with Gasteiger partial charge in [0.05, 0.1) is 0 Å². The molecule has 1 aliphatic rings. The Morgan fingerprint density at radius 1 is 1.28 bits per heavy atom. The van der Waals surface area contributed by atoms with Crippen LogP contribution >= 0.6 is 0 Å². The fourth-order valence-electron chi connectivity index (χ4n) is 1.87. The topological polar surface area (TPSA) is 67.8 Å². The molecule has 1 aromatic rings. The summed E-state index contributed by atoms with van der Waals surface area (Å²) in [5, 5.41) is 11.9. The normalized spacial score (nSPS) is 17.0. The van der Waals surface area contributed by atoms with Crippen LogP contribution in [0.5, 0.6) is 11.5 Å². The lowest BCUT2D eigenvalue weighted by Gasteiger charge is -2.22. The minimum Gasteiger partial charge on any atom is -0.486 e. The lowest BCUT2D eigenvalue weighted by Crippen LogP contribution is -2.35. The van der Waals surface area contributed by atoms with Gasteiger partial charge in [0.1, 0.15) is 19.3 Å². The van der Waals surface area contributed by atoms with Crippen molar-refractivity contribution in [3.05, 3.63) is 23.8 Å². The Labute approximate surface area is 106 Å². The second kappa shape index (κ2) is 5.27. The molecule has 98 valence electrons. The lowest BCUT2D eigenvalue weighted by atomic mass is 10.1. The van der Waals surface area contributed by atoms with E-state index in [2.05, 4.69) is 5.32 Å². The van der Waals surface area contributed by atoms with E-state index in [1.807, 2.05) is 25.1 Å². The van der Waals surface area contributed by atoms with E-state index in [4.69, 9.17) is 14.6 Å². The number of ether oxygens (including phenoxy) is 2. The van der Waals surface area contributed by atoms with Gasteiger partial charge in [0.25, 0.3) is 0 Å². The number of carboxylic acid groups (broad SMARTS) is 1. The van der Waals surface area contributed by atoms with Gasteiger partial charge in [-0.05, 0) is 31.5 Å². The van der Waals surface area contributed by atoms with Crippen molar-refractivity contribution >= 4 is 5.97 Å². The third-order valence-electron chi connectivity index (χ3n) is 2.94. The molecule has 0 aliphatic carbocycles. The number of aliphatic carboxylic acids is 1. The van der Waals surface area contributed by atoms with Crippen molar-refractivity contribution in [1.82, 2.24) is 5.32 Å². The summed E-state index contributed by atoms with van der Waals surface area (Å²) in [5.74, 6) is 0.596. The summed E-state index contributed by atoms with van der Waals surface area (Å²) in [6.45, 7) is 4.65. The molecule has 1 aliphatic heterocycles. The Kier molecular flexibility index (Phi) is 3.72. The van der Waals surface area contributed by atoms with Crippen LogP contribution in [0, 0.1) is 0 Å². The molecule has 2 N–H and O–H groups in total. The summed E-state index contributed by atoms with van der Waals surface area (Å²) in [6, 6.07) is 5.01. The van der Waals surface area contributed by atoms with Gasteiger partial charge in [-0.1, -0.05) is 6.07 Å². The monoisotopic (exact) mass is 251 g/mol. The number of fused-ring (bicyclic) bond motifs is 1. The molecule has 1 heterocycles. The number of carbonyl (C=O) groups is 1. The first-order chi connectivity index (χ1) is 8.58. The number of carboxylic acids is 1. The van der Waals surface area contributed by atoms with Gasteiger partial charge in [-0.2, -0.15) is 0 Å². The minimum absolute atomic E-state index is 0.0630. The van der Waals surface area contributed by atoms with Crippen molar-refractivity contribution in [3.63, 3.8) is 0 Å². The van der Waals surface area contributed by atoms with Crippen molar-refractivity contribution in [2.75, 3.05) is 13.2 Å². The maximum atomic E-state index is 10.8. The van der Waals surface area contributed by atoms with E-state index in [0.717, 1.165) is 17.1 Å². The van der Waals surface area contributed by atoms with E-state index in [1.54, 1.807) is 6.92 Å². The second-order valence-electron chi connectivity index (χ2n) is 4.35. The zero-order valence-electron chi connectivity index (χ0n) is 10.5. The summed E-state index contributed by atoms with van der Waals surface area (Å²) in [6.07, 6.45) is 0. The highest BCUT2D eigenvalue weighted by molar-refractivity contribution is 5.72. The Bertz CT molecular complexity index is 447. The standard InChI is InChI=1S/C13H17NO4/c1-8(14-9(2)13(15)16)10-3-4-11-12(7-10)18-6-5-17-11/h3-4,7-9,14H,5-6H2,1-2H3,(H,15,16)/t8?,9-/m0/s1. The van der Waals surface area contributed by atoms with E-state index < -0.39 is 12.0 Å². The molecule has 1 aromatic carbocycles. The smallest absolute Gasteiger partial charge is 0.320 e. The Morgan fingerprint density at radius 2 is 1.94 bits per heavy atom. The molecule has 0 spiro atoms. The fourth-order valence-corrected chi connectivity index (χ4v) is 1.87. The summed E-state index contributed by atoms with van der Waals surface area (Å²) in [7, 11) is 0. The molecule has 0 saturated heterocycles. The first-order valence-electron chi connectivity index (χ1n) is 5.96. The zero-order chi connectivity index (χ0) is 13.1. The van der Waals surface area contributed by atoms with E-state index in [1.165, 1.54) is 0 Å². The predicted molar refractivity (Wildman–Crippen MR) is 66.1 cm³/mol. The average molecular weight is 251 g/mol. The molecule has 0 aromatic heterocycles. The van der Waals surface area contributed by atoms with Crippen molar-refractivity contribution in [2.24, 2.45) is 0 Å². The van der Waals surface area contributed by atoms with Gasteiger partial charge in [0.2, 0.25) is 0 Å². The van der Waals surface area contributed by atoms with E-state index in [-0.39, 0.29) is 6.04 Å². The third-order valence-corrected chi connectivity index (χ3v) is 2.94. The largest absolute Gasteiger partial charge is 0.486 e. The number of hydrogen-bond donors (Lipinski definition) is 2. The lowest BCUT2D eigenvalue weighted by molar-refractivity contribution is -0.139. The predicted octanol–water partition coefficient (Wildman–Crippen LogP) is 1.58. The second-order valence-corrected chi connectivity index (χ2v) is 4.35. The Morgan fingerprint density at radius 3 is 2.61 bits per heavy atom. The van der Waals surface area contributed by atoms with Gasteiger partial charge >= 0.3 is 5.97 Å². The van der Waals surface area contributed by atoms with Gasteiger partial charge < -0.3 is 14.6 Å². The summed E-state index contributed by atoms with van der Waals surface area (Å²) in [5.41, 5.74) is 0.979. The van der Waals surface area contributed by atoms with Gasteiger partial charge in [0, 0.05) is 6.04 Å². The maximum absolute atomic E-state index is 10.8. The highest BCUT2D eigenvalue weighted by Crippen LogP contribution is 2.32. The quantitative estimate of drug-likeness (QED) is 0.850. The van der Waals surface area contributed by atoms with E-state index in [0.29, 0.717) is 13.2 Å². The van der Waals surface area contributed by atoms with Crippen molar-refractivity contribution < 1.29 is 19.4 Å². The van der Waals surface area contributed by atoms with Gasteiger partial charge in [-0.3, -0.25) is 10.1 Å². The average Bonchev–Trinajstić information content (AvgIpc) is 2.37. The molecule has 0 radical (unpaired) electrons. The molecular weight excluding hydrogens is 234 g/mol. The Balaban J connectivity index is 2.11. The minimum atomic E-state index is -0.862. The highest BCUT2D eigenvalue weighted by atomic mass is 16.6. The molecule has 0 saturated carbocycles. The third kappa shape index (κ3) is 2.73. The van der Waals surface area contributed by atoms with Crippen LogP contribution in [0.2, 0.25) is 0 Å².